The summed E-state index contributed by atoms with van der Waals surface area (Å²) in [5.41, 5.74) is 3.20. The third kappa shape index (κ3) is 3.75. The minimum absolute atomic E-state index is 0.0534. The molecule has 0 aliphatic carbocycles. The molecule has 2 aromatic carbocycles. The molecule has 0 aliphatic rings. The Morgan fingerprint density at radius 1 is 1.19 bits per heavy atom. The van der Waals surface area contributed by atoms with E-state index in [1.807, 2.05) is 31.5 Å². The quantitative estimate of drug-likeness (QED) is 0.666. The predicted octanol–water partition coefficient (Wildman–Crippen LogP) is 3.41. The highest BCUT2D eigenvalue weighted by molar-refractivity contribution is 7.92. The molecule has 5 nitrogen and oxygen atoms in total. The Kier molecular flexibility index (Phi) is 5.05. The summed E-state index contributed by atoms with van der Waals surface area (Å²) in [4.78, 5) is 16.8. The van der Waals surface area contributed by atoms with Crippen molar-refractivity contribution in [2.45, 2.75) is 18.7 Å². The van der Waals surface area contributed by atoms with Crippen molar-refractivity contribution in [2.75, 3.05) is 5.75 Å². The Morgan fingerprint density at radius 3 is 2.50 bits per heavy atom. The van der Waals surface area contributed by atoms with Crippen molar-refractivity contribution in [2.24, 2.45) is 12.0 Å². The van der Waals surface area contributed by atoms with E-state index in [9.17, 15) is 13.2 Å². The highest BCUT2D eigenvalue weighted by Gasteiger charge is 2.19. The first kappa shape index (κ1) is 18.8. The number of rotatable bonds is 3. The van der Waals surface area contributed by atoms with Crippen LogP contribution in [0.4, 0.5) is 0 Å². The van der Waals surface area contributed by atoms with Gasteiger partial charge in [-0.15, -0.1) is 0 Å². The molecule has 0 spiro atoms. The van der Waals surface area contributed by atoms with Crippen LogP contribution in [0.1, 0.15) is 11.1 Å². The molecule has 0 N–H and O–H groups in total. The standard InChI is InChI=1S/C18H17ClN2O3S2/c1-11-8-12(2)17-15(9-11)25-18(21(17)3)20-16(22)10-26(23,24)14-6-4-13(19)5-7-14/h4-9H,10H2,1-3H3. The second-order valence-corrected chi connectivity index (χ2v) is 9.53. The number of halogens is 1. The molecule has 0 aliphatic heterocycles. The molecule has 1 heterocycles. The normalized spacial score (nSPS) is 12.7. The minimum Gasteiger partial charge on any atom is -0.319 e. The van der Waals surface area contributed by atoms with Crippen molar-refractivity contribution < 1.29 is 13.2 Å². The van der Waals surface area contributed by atoms with Gasteiger partial charge in [-0.25, -0.2) is 8.42 Å². The van der Waals surface area contributed by atoms with Gasteiger partial charge in [0.1, 0.15) is 5.75 Å². The summed E-state index contributed by atoms with van der Waals surface area (Å²) < 4.78 is 27.6. The van der Waals surface area contributed by atoms with E-state index in [1.165, 1.54) is 35.6 Å². The summed E-state index contributed by atoms with van der Waals surface area (Å²) in [7, 11) is -1.94. The lowest BCUT2D eigenvalue weighted by Crippen LogP contribution is -2.19. The molecule has 0 radical (unpaired) electrons. The molecule has 8 heteroatoms. The molecule has 26 heavy (non-hydrogen) atoms. The molecular formula is C18H17ClN2O3S2. The number of amides is 1. The summed E-state index contributed by atoms with van der Waals surface area (Å²) >= 11 is 7.14. The first-order valence-corrected chi connectivity index (χ1v) is 10.6. The van der Waals surface area contributed by atoms with Gasteiger partial charge in [0.15, 0.2) is 14.6 Å². The number of aryl methyl sites for hydroxylation is 3. The number of thiazole rings is 1. The highest BCUT2D eigenvalue weighted by Crippen LogP contribution is 2.22. The molecule has 0 unspecified atom stereocenters. The predicted molar refractivity (Wildman–Crippen MR) is 104 cm³/mol. The third-order valence-corrected chi connectivity index (χ3v) is 6.89. The first-order valence-electron chi connectivity index (χ1n) is 7.80. The van der Waals surface area contributed by atoms with Gasteiger partial charge in [-0.1, -0.05) is 29.0 Å². The van der Waals surface area contributed by atoms with Crippen LogP contribution in [-0.4, -0.2) is 24.6 Å². The van der Waals surface area contributed by atoms with Gasteiger partial charge in [0.05, 0.1) is 15.1 Å². The average Bonchev–Trinajstić information content (AvgIpc) is 2.82. The average molecular weight is 409 g/mol. The number of hydrogen-bond acceptors (Lipinski definition) is 4. The van der Waals surface area contributed by atoms with Crippen LogP contribution in [-0.2, 0) is 21.7 Å². The molecule has 3 rings (SSSR count). The van der Waals surface area contributed by atoms with Crippen molar-refractivity contribution >= 4 is 48.9 Å². The van der Waals surface area contributed by atoms with Gasteiger partial charge in [0, 0.05) is 12.1 Å². The molecular weight excluding hydrogens is 392 g/mol. The molecule has 0 saturated heterocycles. The van der Waals surface area contributed by atoms with Gasteiger partial charge >= 0.3 is 0 Å². The van der Waals surface area contributed by atoms with Crippen LogP contribution in [0.3, 0.4) is 0 Å². The van der Waals surface area contributed by atoms with Gasteiger partial charge in [0.25, 0.3) is 5.91 Å². The molecule has 1 aromatic heterocycles. The number of sulfone groups is 1. The van der Waals surface area contributed by atoms with Crippen molar-refractivity contribution in [3.05, 3.63) is 57.3 Å². The smallest absolute Gasteiger partial charge is 0.263 e. The molecule has 136 valence electrons. The van der Waals surface area contributed by atoms with Gasteiger partial charge < -0.3 is 4.57 Å². The number of carbonyl (C=O) groups is 1. The summed E-state index contributed by atoms with van der Waals surface area (Å²) in [5, 5.41) is 0.433. The van der Waals surface area contributed by atoms with Crippen molar-refractivity contribution in [1.82, 2.24) is 4.57 Å². The largest absolute Gasteiger partial charge is 0.319 e. The van der Waals surface area contributed by atoms with Crippen LogP contribution < -0.4 is 4.80 Å². The van der Waals surface area contributed by atoms with E-state index in [4.69, 9.17) is 11.6 Å². The van der Waals surface area contributed by atoms with E-state index in [2.05, 4.69) is 11.1 Å². The number of hydrogen-bond donors (Lipinski definition) is 0. The molecule has 3 aromatic rings. The van der Waals surface area contributed by atoms with Gasteiger partial charge in [-0.3, -0.25) is 4.79 Å². The van der Waals surface area contributed by atoms with Crippen molar-refractivity contribution in [3.8, 4) is 0 Å². The Hall–Kier alpha value is -1.96. The molecule has 0 atom stereocenters. The zero-order chi connectivity index (χ0) is 19.1. The van der Waals surface area contributed by atoms with Crippen LogP contribution in [0.25, 0.3) is 10.2 Å². The number of nitrogens with zero attached hydrogens (tertiary/aromatic N) is 2. The first-order chi connectivity index (χ1) is 12.2. The van der Waals surface area contributed by atoms with E-state index in [0.717, 1.165) is 21.3 Å². The van der Waals surface area contributed by atoms with Crippen molar-refractivity contribution in [3.63, 3.8) is 0 Å². The summed E-state index contributed by atoms with van der Waals surface area (Å²) in [6.07, 6.45) is 0. The maximum absolute atomic E-state index is 12.4. The highest BCUT2D eigenvalue weighted by atomic mass is 35.5. The fourth-order valence-corrected chi connectivity index (χ4v) is 5.26. The Morgan fingerprint density at radius 2 is 1.85 bits per heavy atom. The van der Waals surface area contributed by atoms with Gasteiger partial charge in [-0.2, -0.15) is 4.99 Å². The fraction of sp³-hybridized carbons (Fsp3) is 0.222. The zero-order valence-electron chi connectivity index (χ0n) is 14.5. The summed E-state index contributed by atoms with van der Waals surface area (Å²) in [5.74, 6) is -1.38. The fourth-order valence-electron chi connectivity index (χ4n) is 2.82. The molecule has 0 bridgehead atoms. The van der Waals surface area contributed by atoms with E-state index >= 15 is 0 Å². The van der Waals surface area contributed by atoms with Crippen LogP contribution in [0, 0.1) is 13.8 Å². The monoisotopic (exact) mass is 408 g/mol. The number of carbonyl (C=O) groups excluding carboxylic acids is 1. The molecule has 0 saturated carbocycles. The Balaban J connectivity index is 1.96. The molecule has 0 fully saturated rings. The lowest BCUT2D eigenvalue weighted by Gasteiger charge is -2.02. The van der Waals surface area contributed by atoms with Crippen LogP contribution in [0.2, 0.25) is 5.02 Å². The van der Waals surface area contributed by atoms with Crippen molar-refractivity contribution in [1.29, 1.82) is 0 Å². The van der Waals surface area contributed by atoms with Gasteiger partial charge in [-0.05, 0) is 55.3 Å². The van der Waals surface area contributed by atoms with E-state index < -0.39 is 21.5 Å². The van der Waals surface area contributed by atoms with Crippen LogP contribution in [0.5, 0.6) is 0 Å². The van der Waals surface area contributed by atoms with E-state index in [0.29, 0.717) is 9.82 Å². The second-order valence-electron chi connectivity index (χ2n) is 6.09. The van der Waals surface area contributed by atoms with Crippen LogP contribution in [0.15, 0.2) is 46.3 Å². The summed E-state index contributed by atoms with van der Waals surface area (Å²) in [6.45, 7) is 4.01. The SMILES string of the molecule is Cc1cc(C)c2c(c1)sc(=NC(=O)CS(=O)(=O)c1ccc(Cl)cc1)n2C. The lowest BCUT2D eigenvalue weighted by atomic mass is 10.1. The molecule has 1 amide bonds. The summed E-state index contributed by atoms with van der Waals surface area (Å²) in [6, 6.07) is 9.82. The Labute approximate surface area is 160 Å². The Bertz CT molecular complexity index is 1170. The maximum atomic E-state index is 12.4. The number of benzene rings is 2. The lowest BCUT2D eigenvalue weighted by molar-refractivity contribution is -0.115. The third-order valence-electron chi connectivity index (χ3n) is 3.94. The topological polar surface area (TPSA) is 68.5 Å². The maximum Gasteiger partial charge on any atom is 0.263 e. The second kappa shape index (κ2) is 6.98. The zero-order valence-corrected chi connectivity index (χ0v) is 16.9. The van der Waals surface area contributed by atoms with Gasteiger partial charge in [0.2, 0.25) is 0 Å². The number of fused-ring (bicyclic) bond motifs is 1. The minimum atomic E-state index is -3.76. The van der Waals surface area contributed by atoms with Crippen LogP contribution >= 0.6 is 22.9 Å². The van der Waals surface area contributed by atoms with E-state index in [1.54, 1.807) is 0 Å². The van der Waals surface area contributed by atoms with E-state index in [-0.39, 0.29) is 4.90 Å². The number of aromatic nitrogens is 1.